The minimum atomic E-state index is -0.174. The number of anilines is 1. The summed E-state index contributed by atoms with van der Waals surface area (Å²) < 4.78 is 5.48. The molecule has 0 aliphatic carbocycles. The second-order valence-electron chi connectivity index (χ2n) is 4.97. The lowest BCUT2D eigenvalue weighted by Crippen LogP contribution is -2.30. The Kier molecular flexibility index (Phi) is 4.39. The van der Waals surface area contributed by atoms with Crippen LogP contribution in [0, 0.1) is 0 Å². The predicted molar refractivity (Wildman–Crippen MR) is 95.2 cm³/mol. The van der Waals surface area contributed by atoms with Gasteiger partial charge in [0.2, 0.25) is 0 Å². The van der Waals surface area contributed by atoms with Crippen LogP contribution in [0.3, 0.4) is 0 Å². The number of carbonyl (C=O) groups is 1. The van der Waals surface area contributed by atoms with Crippen molar-refractivity contribution < 1.29 is 9.53 Å². The second-order valence-corrected chi connectivity index (χ2v) is 5.36. The first-order chi connectivity index (χ1) is 11.2. The van der Waals surface area contributed by atoms with E-state index in [1.807, 2.05) is 55.5 Å². The van der Waals surface area contributed by atoms with Crippen molar-refractivity contribution in [3.05, 3.63) is 65.9 Å². The minimum Gasteiger partial charge on any atom is -0.494 e. The molecule has 1 fully saturated rings. The Morgan fingerprint density at radius 2 is 1.96 bits per heavy atom. The molecule has 1 amide bonds. The van der Waals surface area contributed by atoms with E-state index in [9.17, 15) is 4.79 Å². The Morgan fingerprint density at radius 3 is 2.70 bits per heavy atom. The van der Waals surface area contributed by atoms with Crippen LogP contribution in [0.25, 0.3) is 6.08 Å². The summed E-state index contributed by atoms with van der Waals surface area (Å²) in [5.41, 5.74) is 2.09. The lowest BCUT2D eigenvalue weighted by molar-refractivity contribution is -0.113. The van der Waals surface area contributed by atoms with Crippen molar-refractivity contribution in [2.75, 3.05) is 11.5 Å². The maximum absolute atomic E-state index is 12.7. The molecular formula is C18H16N2O2S. The van der Waals surface area contributed by atoms with Crippen LogP contribution in [-0.4, -0.2) is 17.6 Å². The third kappa shape index (κ3) is 3.24. The number of carbonyl (C=O) groups excluding carboxylic acids is 1. The summed E-state index contributed by atoms with van der Waals surface area (Å²) in [4.78, 5) is 14.1. The smallest absolute Gasteiger partial charge is 0.281 e. The average Bonchev–Trinajstić information content (AvgIpc) is 2.83. The van der Waals surface area contributed by atoms with E-state index < -0.39 is 0 Å². The average molecular weight is 324 g/mol. The monoisotopic (exact) mass is 324 g/mol. The van der Waals surface area contributed by atoms with E-state index in [0.29, 0.717) is 28.9 Å². The summed E-state index contributed by atoms with van der Waals surface area (Å²) in [5.74, 6) is 0.536. The third-order valence-corrected chi connectivity index (χ3v) is 3.66. The highest BCUT2D eigenvalue weighted by Gasteiger charge is 2.32. The van der Waals surface area contributed by atoms with Gasteiger partial charge in [-0.05, 0) is 42.9 Å². The van der Waals surface area contributed by atoms with Crippen molar-refractivity contribution in [1.29, 1.82) is 0 Å². The molecule has 4 nitrogen and oxygen atoms in total. The normalized spacial score (nSPS) is 15.9. The van der Waals surface area contributed by atoms with Crippen molar-refractivity contribution in [3.8, 4) is 5.75 Å². The van der Waals surface area contributed by atoms with Gasteiger partial charge in [0.25, 0.3) is 5.91 Å². The molecule has 1 heterocycles. The largest absolute Gasteiger partial charge is 0.494 e. The summed E-state index contributed by atoms with van der Waals surface area (Å²) in [6.07, 6.45) is 1.79. The number of hydrogen-bond acceptors (Lipinski definition) is 3. The Hall–Kier alpha value is -2.66. The molecule has 116 valence electrons. The zero-order valence-corrected chi connectivity index (χ0v) is 13.5. The van der Waals surface area contributed by atoms with E-state index in [2.05, 4.69) is 5.32 Å². The summed E-state index contributed by atoms with van der Waals surface area (Å²) in [7, 11) is 0. The summed E-state index contributed by atoms with van der Waals surface area (Å²) in [5, 5.41) is 3.35. The lowest BCUT2D eigenvalue weighted by Gasteiger charge is -2.15. The van der Waals surface area contributed by atoms with Gasteiger partial charge < -0.3 is 10.1 Å². The highest BCUT2D eigenvalue weighted by Crippen LogP contribution is 2.26. The fraction of sp³-hybridized carbons (Fsp3) is 0.111. The van der Waals surface area contributed by atoms with Crippen LogP contribution in [0.1, 0.15) is 12.5 Å². The van der Waals surface area contributed by atoms with E-state index in [1.54, 1.807) is 12.1 Å². The van der Waals surface area contributed by atoms with Crippen LogP contribution in [0.15, 0.2) is 60.3 Å². The van der Waals surface area contributed by atoms with Gasteiger partial charge >= 0.3 is 0 Å². The number of thiocarbonyl (C=S) groups is 1. The van der Waals surface area contributed by atoms with E-state index in [4.69, 9.17) is 17.0 Å². The predicted octanol–water partition coefficient (Wildman–Crippen LogP) is 3.35. The fourth-order valence-electron chi connectivity index (χ4n) is 2.36. The third-order valence-electron chi connectivity index (χ3n) is 3.38. The zero-order valence-electron chi connectivity index (χ0n) is 12.7. The number of hydrogen-bond donors (Lipinski definition) is 1. The molecule has 0 radical (unpaired) electrons. The molecule has 0 atom stereocenters. The van der Waals surface area contributed by atoms with Crippen LogP contribution in [0.4, 0.5) is 5.69 Å². The van der Waals surface area contributed by atoms with E-state index in [1.165, 1.54) is 4.90 Å². The Labute approximate surface area is 140 Å². The first-order valence-corrected chi connectivity index (χ1v) is 7.75. The molecular weight excluding hydrogens is 308 g/mol. The molecule has 1 saturated heterocycles. The highest BCUT2D eigenvalue weighted by atomic mass is 32.1. The molecule has 0 unspecified atom stereocenters. The molecule has 0 aromatic heterocycles. The van der Waals surface area contributed by atoms with Gasteiger partial charge in [-0.1, -0.05) is 36.4 Å². The molecule has 2 aromatic carbocycles. The SMILES string of the molecule is CCOc1cccc(N2C(=O)/C(=C\c3ccccc3)NC2=S)c1. The number of nitrogens with one attached hydrogen (secondary N) is 1. The Balaban J connectivity index is 1.90. The van der Waals surface area contributed by atoms with Gasteiger partial charge in [0.15, 0.2) is 5.11 Å². The van der Waals surface area contributed by atoms with Crippen LogP contribution in [0.5, 0.6) is 5.75 Å². The van der Waals surface area contributed by atoms with Gasteiger partial charge in [-0.15, -0.1) is 0 Å². The van der Waals surface area contributed by atoms with Gasteiger partial charge in [0, 0.05) is 6.07 Å². The van der Waals surface area contributed by atoms with Gasteiger partial charge in [-0.2, -0.15) is 0 Å². The van der Waals surface area contributed by atoms with Gasteiger partial charge in [0.1, 0.15) is 11.4 Å². The minimum absolute atomic E-state index is 0.174. The van der Waals surface area contributed by atoms with Crippen molar-refractivity contribution >= 4 is 35.0 Å². The highest BCUT2D eigenvalue weighted by molar-refractivity contribution is 7.80. The summed E-state index contributed by atoms with van der Waals surface area (Å²) in [6, 6.07) is 17.0. The first kappa shape index (κ1) is 15.2. The van der Waals surface area contributed by atoms with Crippen LogP contribution < -0.4 is 15.0 Å². The molecule has 1 N–H and O–H groups in total. The Bertz CT molecular complexity index is 772. The fourth-order valence-corrected chi connectivity index (χ4v) is 2.66. The number of ether oxygens (including phenoxy) is 1. The molecule has 2 aromatic rings. The lowest BCUT2D eigenvalue weighted by atomic mass is 10.2. The number of benzene rings is 2. The molecule has 1 aliphatic heterocycles. The molecule has 3 rings (SSSR count). The summed E-state index contributed by atoms with van der Waals surface area (Å²) >= 11 is 5.31. The van der Waals surface area contributed by atoms with Crippen LogP contribution in [0.2, 0.25) is 0 Å². The quantitative estimate of drug-likeness (QED) is 0.692. The van der Waals surface area contributed by atoms with Crippen molar-refractivity contribution in [2.45, 2.75) is 6.92 Å². The zero-order chi connectivity index (χ0) is 16.2. The van der Waals surface area contributed by atoms with Crippen molar-refractivity contribution in [2.24, 2.45) is 0 Å². The maximum atomic E-state index is 12.7. The van der Waals surface area contributed by atoms with E-state index in [-0.39, 0.29) is 5.91 Å². The van der Waals surface area contributed by atoms with Crippen LogP contribution >= 0.6 is 12.2 Å². The van der Waals surface area contributed by atoms with Gasteiger partial charge in [-0.25, -0.2) is 0 Å². The molecule has 5 heteroatoms. The molecule has 0 saturated carbocycles. The van der Waals surface area contributed by atoms with E-state index in [0.717, 1.165) is 5.56 Å². The molecule has 0 spiro atoms. The van der Waals surface area contributed by atoms with E-state index >= 15 is 0 Å². The molecule has 1 aliphatic rings. The van der Waals surface area contributed by atoms with Gasteiger partial charge in [0.05, 0.1) is 12.3 Å². The van der Waals surface area contributed by atoms with Crippen molar-refractivity contribution in [3.63, 3.8) is 0 Å². The van der Waals surface area contributed by atoms with Crippen molar-refractivity contribution in [1.82, 2.24) is 5.32 Å². The summed E-state index contributed by atoms with van der Waals surface area (Å²) in [6.45, 7) is 2.49. The van der Waals surface area contributed by atoms with Crippen LogP contribution in [-0.2, 0) is 4.79 Å². The first-order valence-electron chi connectivity index (χ1n) is 7.34. The topological polar surface area (TPSA) is 41.6 Å². The maximum Gasteiger partial charge on any atom is 0.281 e. The Morgan fingerprint density at radius 1 is 1.17 bits per heavy atom. The standard InChI is InChI=1S/C18H16N2O2S/c1-2-22-15-10-6-9-14(12-15)20-17(21)16(19-18(20)23)11-13-7-4-3-5-8-13/h3-12H,2H2,1H3,(H,19,23)/b16-11+. The number of nitrogens with zero attached hydrogens (tertiary/aromatic N) is 1. The molecule has 23 heavy (non-hydrogen) atoms. The van der Waals surface area contributed by atoms with Gasteiger partial charge in [-0.3, -0.25) is 9.69 Å². The molecule has 0 bridgehead atoms. The number of rotatable bonds is 4. The second kappa shape index (κ2) is 6.62. The number of amides is 1.